The number of anilines is 1. The Bertz CT molecular complexity index is 1610. The molecule has 13 nitrogen and oxygen atoms in total. The SMILES string of the molecule is CCC#Cc1nc(N[C@@H]2CCc3ccccc32)c2cnn([C@@H]3O[C@H](CS(=O)(=O)CP(=O)(O)O)[C@@H](O)[C@H]3O)c2n1. The van der Waals surface area contributed by atoms with Gasteiger partial charge in [0, 0.05) is 6.42 Å². The summed E-state index contributed by atoms with van der Waals surface area (Å²) in [5.74, 6) is 5.61. The molecule has 15 heteroatoms. The summed E-state index contributed by atoms with van der Waals surface area (Å²) >= 11 is 0. The van der Waals surface area contributed by atoms with Crippen molar-refractivity contribution in [3.8, 4) is 11.8 Å². The van der Waals surface area contributed by atoms with Crippen LogP contribution in [0.4, 0.5) is 5.82 Å². The molecule has 2 aromatic heterocycles. The molecule has 3 heterocycles. The molecule has 1 aliphatic carbocycles. The first-order chi connectivity index (χ1) is 18.5. The lowest BCUT2D eigenvalue weighted by atomic mass is 10.1. The Hall–Kier alpha value is -2.89. The number of nitrogens with one attached hydrogen (secondary N) is 1. The zero-order valence-corrected chi connectivity index (χ0v) is 22.6. The van der Waals surface area contributed by atoms with Gasteiger partial charge in [-0.3, -0.25) is 4.57 Å². The minimum Gasteiger partial charge on any atom is -0.387 e. The van der Waals surface area contributed by atoms with E-state index in [1.165, 1.54) is 16.4 Å². The third-order valence-corrected chi connectivity index (χ3v) is 10.4. The molecule has 5 rings (SSSR count). The van der Waals surface area contributed by atoms with Crippen molar-refractivity contribution in [1.82, 2.24) is 19.7 Å². The second-order valence-corrected chi connectivity index (χ2v) is 13.7. The van der Waals surface area contributed by atoms with Crippen LogP contribution in [0.1, 0.15) is 49.0 Å². The number of hydrogen-bond acceptors (Lipinski definition) is 10. The van der Waals surface area contributed by atoms with Crippen molar-refractivity contribution in [2.75, 3.05) is 16.6 Å². The number of hydrogen-bond donors (Lipinski definition) is 5. The Morgan fingerprint density at radius 3 is 2.72 bits per heavy atom. The molecule has 3 aromatic rings. The minimum absolute atomic E-state index is 0.00612. The second-order valence-electron chi connectivity index (χ2n) is 9.56. The van der Waals surface area contributed by atoms with E-state index in [0.29, 0.717) is 17.6 Å². The molecule has 0 spiro atoms. The molecule has 1 saturated heterocycles. The van der Waals surface area contributed by atoms with Crippen LogP contribution in [0.2, 0.25) is 0 Å². The van der Waals surface area contributed by atoms with Gasteiger partial charge in [0.1, 0.15) is 24.1 Å². The molecule has 5 N–H and O–H groups in total. The summed E-state index contributed by atoms with van der Waals surface area (Å²) in [6.45, 7) is 1.88. The average molecular weight is 578 g/mol. The van der Waals surface area contributed by atoms with Crippen LogP contribution in [0.25, 0.3) is 11.0 Å². The predicted molar refractivity (Wildman–Crippen MR) is 140 cm³/mol. The van der Waals surface area contributed by atoms with E-state index < -0.39 is 53.2 Å². The normalized spacial score (nSPS) is 24.9. The van der Waals surface area contributed by atoms with Gasteiger partial charge in [0.2, 0.25) is 5.82 Å². The van der Waals surface area contributed by atoms with E-state index in [4.69, 9.17) is 14.5 Å². The highest BCUT2D eigenvalue weighted by molar-refractivity contribution is 7.97. The monoisotopic (exact) mass is 577 g/mol. The predicted octanol–water partition coefficient (Wildman–Crippen LogP) is 0.856. The van der Waals surface area contributed by atoms with Crippen LogP contribution in [0.15, 0.2) is 30.5 Å². The van der Waals surface area contributed by atoms with Gasteiger partial charge in [-0.05, 0) is 29.9 Å². The maximum absolute atomic E-state index is 12.3. The summed E-state index contributed by atoms with van der Waals surface area (Å²) in [4.78, 5) is 27.2. The fraction of sp³-hybridized carbons (Fsp3) is 0.458. The third kappa shape index (κ3) is 5.85. The highest BCUT2D eigenvalue weighted by atomic mass is 32.2. The average Bonchev–Trinajstić information content (AvgIpc) is 3.54. The molecule has 0 amide bonds. The lowest BCUT2D eigenvalue weighted by Crippen LogP contribution is -2.36. The smallest absolute Gasteiger partial charge is 0.340 e. The first-order valence-corrected chi connectivity index (χ1v) is 15.9. The fourth-order valence-electron chi connectivity index (χ4n) is 4.95. The van der Waals surface area contributed by atoms with Crippen molar-refractivity contribution in [2.45, 2.75) is 56.8 Å². The molecule has 0 bridgehead atoms. The first-order valence-electron chi connectivity index (χ1n) is 12.3. The number of aliphatic hydroxyl groups is 2. The van der Waals surface area contributed by atoms with Crippen molar-refractivity contribution >= 4 is 34.3 Å². The van der Waals surface area contributed by atoms with Gasteiger partial charge in [0.25, 0.3) is 0 Å². The highest BCUT2D eigenvalue weighted by Gasteiger charge is 2.47. The van der Waals surface area contributed by atoms with E-state index in [2.05, 4.69) is 44.4 Å². The number of aryl methyl sites for hydroxylation is 1. The summed E-state index contributed by atoms with van der Waals surface area (Å²) in [7, 11) is -9.19. The molecule has 39 heavy (non-hydrogen) atoms. The molecule has 0 unspecified atom stereocenters. The van der Waals surface area contributed by atoms with Gasteiger partial charge >= 0.3 is 7.60 Å². The molecule has 1 aromatic carbocycles. The van der Waals surface area contributed by atoms with E-state index in [0.717, 1.165) is 18.4 Å². The van der Waals surface area contributed by atoms with Gasteiger partial charge in [-0.2, -0.15) is 5.10 Å². The molecule has 0 radical (unpaired) electrons. The Balaban J connectivity index is 1.48. The van der Waals surface area contributed by atoms with Crippen LogP contribution >= 0.6 is 7.60 Å². The van der Waals surface area contributed by atoms with Gasteiger partial charge in [-0.25, -0.2) is 23.1 Å². The van der Waals surface area contributed by atoms with Gasteiger partial charge in [0.15, 0.2) is 27.2 Å². The number of aliphatic hydroxyl groups excluding tert-OH is 2. The third-order valence-electron chi connectivity index (χ3n) is 6.64. The number of sulfone groups is 1. The fourth-order valence-corrected chi connectivity index (χ4v) is 8.19. The molecule has 1 aliphatic heterocycles. The standard InChI is InChI=1S/C24H28N5O8PS/c1-2-3-8-19-27-22(26-17-10-9-14-6-4-5-7-15(14)17)16-11-25-29(23(16)28-19)24-21(31)20(30)18(37-24)12-39(35,36)13-38(32,33)34/h4-7,11,17-18,20-21,24,30-31H,2,9-10,12-13H2,1H3,(H,26,27,28)(H2,32,33,34)/t17-,18-,20-,21-,24-/m1/s1. The maximum Gasteiger partial charge on any atom is 0.340 e. The van der Waals surface area contributed by atoms with Gasteiger partial charge in [-0.15, -0.1) is 0 Å². The summed E-state index contributed by atoms with van der Waals surface area (Å²) in [6, 6.07) is 8.12. The molecule has 0 saturated carbocycles. The van der Waals surface area contributed by atoms with Crippen LogP contribution in [0, 0.1) is 11.8 Å². The number of benzene rings is 1. The summed E-state index contributed by atoms with van der Waals surface area (Å²) in [5.41, 5.74) is 1.26. The Morgan fingerprint density at radius 2 is 1.97 bits per heavy atom. The topological polar surface area (TPSA) is 197 Å². The summed E-state index contributed by atoms with van der Waals surface area (Å²) < 4.78 is 42.7. The molecular formula is C24H28N5O8PS. The minimum atomic E-state index is -4.87. The maximum atomic E-state index is 12.3. The Labute approximate surface area is 224 Å². The van der Waals surface area contributed by atoms with Crippen LogP contribution in [0.5, 0.6) is 0 Å². The zero-order chi connectivity index (χ0) is 27.9. The Kier molecular flexibility index (Phi) is 7.51. The molecule has 2 aliphatic rings. The zero-order valence-electron chi connectivity index (χ0n) is 20.9. The lowest BCUT2D eigenvalue weighted by Gasteiger charge is -2.17. The molecule has 208 valence electrons. The van der Waals surface area contributed by atoms with Crippen LogP contribution in [0.3, 0.4) is 0 Å². The number of rotatable bonds is 7. The number of ether oxygens (including phenoxy) is 1. The lowest BCUT2D eigenvalue weighted by molar-refractivity contribution is -0.0364. The summed E-state index contributed by atoms with van der Waals surface area (Å²) in [6.07, 6.45) is -2.20. The van der Waals surface area contributed by atoms with Crippen LogP contribution in [-0.2, 0) is 25.6 Å². The van der Waals surface area contributed by atoms with E-state index in [-0.39, 0.29) is 17.5 Å². The summed E-state index contributed by atoms with van der Waals surface area (Å²) in [5, 5.41) is 29.5. The van der Waals surface area contributed by atoms with Crippen molar-refractivity contribution in [1.29, 1.82) is 0 Å². The molecular weight excluding hydrogens is 549 g/mol. The quantitative estimate of drug-likeness (QED) is 0.196. The van der Waals surface area contributed by atoms with Crippen LogP contribution in [-0.4, -0.2) is 77.7 Å². The van der Waals surface area contributed by atoms with E-state index in [9.17, 15) is 23.2 Å². The first kappa shape index (κ1) is 27.7. The largest absolute Gasteiger partial charge is 0.387 e. The number of aromatic nitrogens is 4. The van der Waals surface area contributed by atoms with Crippen LogP contribution < -0.4 is 5.32 Å². The number of nitrogens with zero attached hydrogens (tertiary/aromatic N) is 4. The van der Waals surface area contributed by atoms with Crippen molar-refractivity contribution in [3.63, 3.8) is 0 Å². The van der Waals surface area contributed by atoms with Crippen molar-refractivity contribution in [2.24, 2.45) is 0 Å². The van der Waals surface area contributed by atoms with Gasteiger partial charge in [-0.1, -0.05) is 37.1 Å². The van der Waals surface area contributed by atoms with Crippen molar-refractivity contribution in [3.05, 3.63) is 47.4 Å². The second kappa shape index (κ2) is 10.6. The molecule has 5 atom stereocenters. The number of fused-ring (bicyclic) bond motifs is 2. The van der Waals surface area contributed by atoms with E-state index in [1.807, 2.05) is 19.1 Å². The molecule has 1 fully saturated rings. The van der Waals surface area contributed by atoms with Gasteiger partial charge < -0.3 is 30.1 Å². The Morgan fingerprint density at radius 1 is 1.21 bits per heavy atom. The van der Waals surface area contributed by atoms with E-state index in [1.54, 1.807) is 0 Å². The van der Waals surface area contributed by atoms with Gasteiger partial charge in [0.05, 0.1) is 23.4 Å². The van der Waals surface area contributed by atoms with E-state index >= 15 is 0 Å². The van der Waals surface area contributed by atoms with Crippen molar-refractivity contribution < 1.29 is 37.7 Å². The highest BCUT2D eigenvalue weighted by Crippen LogP contribution is 2.39.